The van der Waals surface area contributed by atoms with Crippen LogP contribution in [0.15, 0.2) is 217 Å². The van der Waals surface area contributed by atoms with Crippen molar-refractivity contribution in [1.82, 2.24) is 4.98 Å². The molecule has 0 fully saturated rings. The minimum Gasteiger partial charge on any atom is -0.454 e. The highest BCUT2D eigenvalue weighted by Gasteiger charge is 2.46. The predicted molar refractivity (Wildman–Crippen MR) is 251 cm³/mol. The van der Waals surface area contributed by atoms with Gasteiger partial charge < -0.3 is 9.32 Å². The first-order valence-corrected chi connectivity index (χ1v) is 21.0. The minimum atomic E-state index is -0.560. The number of hydrogen-bond donors (Lipinski definition) is 0. The Bertz CT molecular complexity index is 3310. The van der Waals surface area contributed by atoms with Crippen LogP contribution in [0.4, 0.5) is 11.4 Å². The van der Waals surface area contributed by atoms with Gasteiger partial charge in [0, 0.05) is 27.7 Å². The molecular weight excluding hydrogens is 749 g/mol. The molecular formula is C56H38N2OS. The second-order valence-electron chi connectivity index (χ2n) is 15.3. The van der Waals surface area contributed by atoms with E-state index in [1.165, 1.54) is 44.5 Å². The normalized spacial score (nSPS) is 13.0. The Morgan fingerprint density at radius 3 is 1.92 bits per heavy atom. The number of hydrogen-bond acceptors (Lipinski definition) is 4. The van der Waals surface area contributed by atoms with Crippen LogP contribution in [-0.2, 0) is 5.41 Å². The fourth-order valence-electron chi connectivity index (χ4n) is 9.19. The molecule has 0 saturated heterocycles. The summed E-state index contributed by atoms with van der Waals surface area (Å²) in [5.41, 5.74) is 14.5. The van der Waals surface area contributed by atoms with Crippen LogP contribution >= 0.6 is 11.3 Å². The molecule has 0 aliphatic heterocycles. The summed E-state index contributed by atoms with van der Waals surface area (Å²) in [4.78, 5) is 7.21. The summed E-state index contributed by atoms with van der Waals surface area (Å²) in [6.45, 7) is 9.21. The van der Waals surface area contributed by atoms with Crippen molar-refractivity contribution in [2.45, 2.75) is 5.41 Å². The standard InChI is InChI=1S/C56H38N2OS/c1-37(35-53-38(2)57-55(60-53)41-31-29-40(30-32-41)39-17-6-3-7-18-39)58(51-27-16-25-48-47-24-13-15-28-52(47)59-54(48)51)44-33-34-46-45-23-12-14-26-49(45)56(50(46)36-44,42-19-8-4-9-20-42)43-21-10-5-11-22-43/h3-36H,1-2H2/b53-35+. The number of thiazole rings is 1. The average Bonchev–Trinajstić information content (AvgIpc) is 3.97. The van der Waals surface area contributed by atoms with E-state index in [2.05, 4.69) is 200 Å². The van der Waals surface area contributed by atoms with Crippen LogP contribution in [0.2, 0.25) is 0 Å². The molecule has 1 aliphatic carbocycles. The highest BCUT2D eigenvalue weighted by molar-refractivity contribution is 7.13. The molecule has 3 nitrogen and oxygen atoms in total. The van der Waals surface area contributed by atoms with E-state index in [4.69, 9.17) is 16.0 Å². The van der Waals surface area contributed by atoms with Crippen molar-refractivity contribution in [3.8, 4) is 32.8 Å². The van der Waals surface area contributed by atoms with E-state index in [1.54, 1.807) is 11.3 Å². The van der Waals surface area contributed by atoms with Crippen molar-refractivity contribution >= 4 is 57.3 Å². The van der Waals surface area contributed by atoms with E-state index in [0.717, 1.165) is 54.1 Å². The van der Waals surface area contributed by atoms with E-state index in [-0.39, 0.29) is 0 Å². The van der Waals surface area contributed by atoms with Gasteiger partial charge in [0.15, 0.2) is 5.58 Å². The number of benzene rings is 8. The molecule has 2 aromatic heterocycles. The Morgan fingerprint density at radius 1 is 0.567 bits per heavy atom. The van der Waals surface area contributed by atoms with Gasteiger partial charge in [-0.3, -0.25) is 0 Å². The third-order valence-corrected chi connectivity index (χ3v) is 13.0. The van der Waals surface area contributed by atoms with Gasteiger partial charge >= 0.3 is 0 Å². The molecule has 0 radical (unpaired) electrons. The number of allylic oxidation sites excluding steroid dienone is 1. The van der Waals surface area contributed by atoms with Crippen LogP contribution < -0.4 is 14.8 Å². The molecule has 11 rings (SSSR count). The van der Waals surface area contributed by atoms with Gasteiger partial charge in [0.25, 0.3) is 0 Å². The molecule has 0 atom stereocenters. The van der Waals surface area contributed by atoms with E-state index in [1.807, 2.05) is 18.2 Å². The molecule has 60 heavy (non-hydrogen) atoms. The van der Waals surface area contributed by atoms with Gasteiger partial charge in [0.05, 0.1) is 21.0 Å². The maximum absolute atomic E-state index is 6.72. The molecule has 0 spiro atoms. The third-order valence-electron chi connectivity index (χ3n) is 11.9. The topological polar surface area (TPSA) is 29.3 Å². The molecule has 284 valence electrons. The molecule has 0 amide bonds. The summed E-state index contributed by atoms with van der Waals surface area (Å²) >= 11 is 1.62. The summed E-state index contributed by atoms with van der Waals surface area (Å²) in [7, 11) is 0. The van der Waals surface area contributed by atoms with Crippen molar-refractivity contribution in [1.29, 1.82) is 0 Å². The SMILES string of the molecule is C=C(/C=c1/sc(-c2ccc(-c3ccccc3)cc2)nc1=C)N(c1ccc2c(c1)C(c1ccccc1)(c1ccccc1)c1ccccc1-2)c1cccc2c1oc1ccccc12. The Hall–Kier alpha value is -7.53. The number of furan rings is 1. The van der Waals surface area contributed by atoms with Crippen LogP contribution in [0.3, 0.4) is 0 Å². The Labute approximate surface area is 352 Å². The zero-order chi connectivity index (χ0) is 40.2. The number of rotatable bonds is 8. The Kier molecular flexibility index (Phi) is 8.54. The quantitative estimate of drug-likeness (QED) is 0.154. The molecule has 10 aromatic rings. The molecule has 0 unspecified atom stereocenters. The van der Waals surface area contributed by atoms with Gasteiger partial charge in [-0.1, -0.05) is 189 Å². The monoisotopic (exact) mass is 786 g/mol. The summed E-state index contributed by atoms with van der Waals surface area (Å²) in [5, 5.41) is 3.75. The zero-order valence-electron chi connectivity index (χ0n) is 32.8. The number of para-hydroxylation sites is 2. The van der Waals surface area contributed by atoms with Gasteiger partial charge in [0.2, 0.25) is 0 Å². The molecule has 0 bridgehead atoms. The van der Waals surface area contributed by atoms with Crippen LogP contribution in [0.25, 0.3) is 67.4 Å². The van der Waals surface area contributed by atoms with Gasteiger partial charge in [0.1, 0.15) is 10.6 Å². The fourth-order valence-corrected chi connectivity index (χ4v) is 10.2. The molecule has 0 saturated carbocycles. The summed E-state index contributed by atoms with van der Waals surface area (Å²) in [6, 6.07) is 71.2. The lowest BCUT2D eigenvalue weighted by Gasteiger charge is -2.35. The second kappa shape index (κ2) is 14.4. The highest BCUT2D eigenvalue weighted by atomic mass is 32.1. The first-order valence-electron chi connectivity index (χ1n) is 20.2. The summed E-state index contributed by atoms with van der Waals surface area (Å²) in [5.74, 6) is 0. The molecule has 2 heterocycles. The van der Waals surface area contributed by atoms with Crippen molar-refractivity contribution in [3.05, 3.63) is 245 Å². The van der Waals surface area contributed by atoms with Gasteiger partial charge in [-0.2, -0.15) is 0 Å². The van der Waals surface area contributed by atoms with Crippen LogP contribution in [0, 0.1) is 0 Å². The molecule has 8 aromatic carbocycles. The highest BCUT2D eigenvalue weighted by Crippen LogP contribution is 2.57. The lowest BCUT2D eigenvalue weighted by atomic mass is 9.67. The van der Waals surface area contributed by atoms with Gasteiger partial charge in [-0.25, -0.2) is 4.98 Å². The first-order chi connectivity index (χ1) is 29.6. The van der Waals surface area contributed by atoms with Crippen molar-refractivity contribution in [3.63, 3.8) is 0 Å². The lowest BCUT2D eigenvalue weighted by Crippen LogP contribution is -2.29. The average molecular weight is 787 g/mol. The Morgan fingerprint density at radius 2 is 1.17 bits per heavy atom. The van der Waals surface area contributed by atoms with E-state index in [9.17, 15) is 0 Å². The summed E-state index contributed by atoms with van der Waals surface area (Å²) < 4.78 is 7.66. The van der Waals surface area contributed by atoms with E-state index >= 15 is 0 Å². The van der Waals surface area contributed by atoms with Gasteiger partial charge in [-0.05, 0) is 74.8 Å². The maximum Gasteiger partial charge on any atom is 0.159 e. The molecule has 1 aliphatic rings. The first kappa shape index (κ1) is 35.6. The van der Waals surface area contributed by atoms with Crippen LogP contribution in [-0.4, -0.2) is 4.98 Å². The van der Waals surface area contributed by atoms with Crippen molar-refractivity contribution in [2.24, 2.45) is 0 Å². The largest absolute Gasteiger partial charge is 0.454 e. The van der Waals surface area contributed by atoms with E-state index in [0.29, 0.717) is 5.35 Å². The zero-order valence-corrected chi connectivity index (χ0v) is 33.6. The minimum absolute atomic E-state index is 0.560. The lowest BCUT2D eigenvalue weighted by molar-refractivity contribution is 0.669. The second-order valence-corrected chi connectivity index (χ2v) is 16.3. The summed E-state index contributed by atoms with van der Waals surface area (Å²) in [6.07, 6.45) is 2.12. The maximum atomic E-state index is 6.72. The number of fused-ring (bicyclic) bond motifs is 6. The van der Waals surface area contributed by atoms with E-state index < -0.39 is 5.41 Å². The van der Waals surface area contributed by atoms with Crippen LogP contribution in [0.1, 0.15) is 22.3 Å². The smallest absolute Gasteiger partial charge is 0.159 e. The molecule has 4 heteroatoms. The Balaban J connectivity index is 1.11. The van der Waals surface area contributed by atoms with Crippen LogP contribution in [0.5, 0.6) is 0 Å². The number of nitrogens with zero attached hydrogens (tertiary/aromatic N) is 2. The number of aromatic nitrogens is 1. The predicted octanol–water partition coefficient (Wildman–Crippen LogP) is 13.3. The van der Waals surface area contributed by atoms with Crippen molar-refractivity contribution < 1.29 is 4.42 Å². The fraction of sp³-hybridized carbons (Fsp3) is 0.0179. The third kappa shape index (κ3) is 5.68. The van der Waals surface area contributed by atoms with Gasteiger partial charge in [-0.15, -0.1) is 11.3 Å². The number of anilines is 2. The molecule has 0 N–H and O–H groups in total. The van der Waals surface area contributed by atoms with Crippen molar-refractivity contribution in [2.75, 3.05) is 4.90 Å².